The normalized spacial score (nSPS) is 15.5. The maximum Gasteiger partial charge on any atom is 0.263 e. The van der Waals surface area contributed by atoms with Gasteiger partial charge < -0.3 is 10.2 Å². The van der Waals surface area contributed by atoms with Crippen LogP contribution in [-0.4, -0.2) is 55.1 Å². The van der Waals surface area contributed by atoms with Crippen LogP contribution in [0.1, 0.15) is 20.9 Å². The van der Waals surface area contributed by atoms with Crippen LogP contribution < -0.4 is 10.2 Å². The molecule has 1 N–H and O–H groups in total. The third kappa shape index (κ3) is 4.13. The van der Waals surface area contributed by atoms with E-state index in [-0.39, 0.29) is 5.91 Å². The zero-order valence-electron chi connectivity index (χ0n) is 14.3. The highest BCUT2D eigenvalue weighted by atomic mass is 32.1. The molecule has 3 rings (SSSR count). The molecule has 6 heteroatoms. The lowest BCUT2D eigenvalue weighted by molar-refractivity contribution is 0.0951. The minimum atomic E-state index is -0.00611. The number of aryl methyl sites for hydroxylation is 2. The van der Waals surface area contributed by atoms with Crippen LogP contribution in [0, 0.1) is 13.8 Å². The number of anilines is 1. The van der Waals surface area contributed by atoms with Gasteiger partial charge in [0, 0.05) is 45.0 Å². The third-order valence-electron chi connectivity index (χ3n) is 4.40. The van der Waals surface area contributed by atoms with Gasteiger partial charge in [0.25, 0.3) is 5.91 Å². The van der Waals surface area contributed by atoms with E-state index in [4.69, 9.17) is 0 Å². The highest BCUT2D eigenvalue weighted by Gasteiger charge is 2.17. The summed E-state index contributed by atoms with van der Waals surface area (Å²) in [6, 6.07) is 8.68. The quantitative estimate of drug-likeness (QED) is 0.904. The topological polar surface area (TPSA) is 48.5 Å². The molecule has 1 aliphatic heterocycles. The highest BCUT2D eigenvalue weighted by Crippen LogP contribution is 2.17. The average Bonchev–Trinajstić information content (AvgIpc) is 3.01. The summed E-state index contributed by atoms with van der Waals surface area (Å²) in [5.41, 5.74) is 5.14. The molecule has 24 heavy (non-hydrogen) atoms. The molecule has 1 aromatic carbocycles. The van der Waals surface area contributed by atoms with E-state index >= 15 is 0 Å². The van der Waals surface area contributed by atoms with Crippen molar-refractivity contribution in [2.75, 3.05) is 44.2 Å². The van der Waals surface area contributed by atoms with Gasteiger partial charge in [-0.3, -0.25) is 9.69 Å². The summed E-state index contributed by atoms with van der Waals surface area (Å²) in [4.78, 5) is 21.8. The minimum Gasteiger partial charge on any atom is -0.369 e. The Labute approximate surface area is 147 Å². The Bertz CT molecular complexity index is 692. The van der Waals surface area contributed by atoms with Crippen molar-refractivity contribution in [2.45, 2.75) is 13.8 Å². The second-order valence-corrected chi connectivity index (χ2v) is 7.05. The van der Waals surface area contributed by atoms with Crippen LogP contribution in [0.4, 0.5) is 5.69 Å². The summed E-state index contributed by atoms with van der Waals surface area (Å²) in [5, 5.41) is 3.00. The molecule has 0 saturated carbocycles. The second-order valence-electron chi connectivity index (χ2n) is 6.19. The van der Waals surface area contributed by atoms with Gasteiger partial charge in [-0.05, 0) is 31.5 Å². The van der Waals surface area contributed by atoms with Crippen molar-refractivity contribution in [1.82, 2.24) is 15.2 Å². The Morgan fingerprint density at radius 1 is 1.25 bits per heavy atom. The van der Waals surface area contributed by atoms with Crippen molar-refractivity contribution >= 4 is 22.9 Å². The number of rotatable bonds is 5. The van der Waals surface area contributed by atoms with Crippen molar-refractivity contribution in [1.29, 1.82) is 0 Å². The van der Waals surface area contributed by atoms with E-state index in [0.717, 1.165) is 43.3 Å². The van der Waals surface area contributed by atoms with Gasteiger partial charge in [0.05, 0.1) is 11.2 Å². The maximum absolute atomic E-state index is 12.1. The number of amides is 1. The Morgan fingerprint density at radius 3 is 2.71 bits per heavy atom. The Morgan fingerprint density at radius 2 is 2.04 bits per heavy atom. The molecule has 0 aliphatic carbocycles. The lowest BCUT2D eigenvalue weighted by Crippen LogP contribution is -2.48. The number of piperazine rings is 1. The molecule has 0 atom stereocenters. The molecule has 1 amide bonds. The molecule has 1 aromatic heterocycles. The average molecular weight is 344 g/mol. The number of hydrogen-bond donors (Lipinski definition) is 1. The van der Waals surface area contributed by atoms with E-state index in [2.05, 4.69) is 51.3 Å². The first kappa shape index (κ1) is 16.9. The predicted molar refractivity (Wildman–Crippen MR) is 99.0 cm³/mol. The molecule has 0 bridgehead atoms. The van der Waals surface area contributed by atoms with Crippen molar-refractivity contribution in [2.24, 2.45) is 0 Å². The van der Waals surface area contributed by atoms with Crippen LogP contribution in [0.15, 0.2) is 29.8 Å². The lowest BCUT2D eigenvalue weighted by atomic mass is 10.2. The largest absolute Gasteiger partial charge is 0.369 e. The van der Waals surface area contributed by atoms with Crippen molar-refractivity contribution in [3.63, 3.8) is 0 Å². The number of carbonyl (C=O) groups is 1. The van der Waals surface area contributed by atoms with Gasteiger partial charge in [0.1, 0.15) is 4.88 Å². The Hall–Kier alpha value is -1.92. The van der Waals surface area contributed by atoms with Crippen LogP contribution in [0.2, 0.25) is 0 Å². The minimum absolute atomic E-state index is 0.00611. The summed E-state index contributed by atoms with van der Waals surface area (Å²) in [7, 11) is 0. The van der Waals surface area contributed by atoms with E-state index in [9.17, 15) is 4.79 Å². The molecule has 128 valence electrons. The summed E-state index contributed by atoms with van der Waals surface area (Å²) in [5.74, 6) is -0.00611. The molecular weight excluding hydrogens is 320 g/mol. The number of hydrogen-bond acceptors (Lipinski definition) is 5. The van der Waals surface area contributed by atoms with Gasteiger partial charge in [0.15, 0.2) is 0 Å². The van der Waals surface area contributed by atoms with Gasteiger partial charge in [-0.15, -0.1) is 11.3 Å². The number of thiazole rings is 1. The van der Waals surface area contributed by atoms with Gasteiger partial charge >= 0.3 is 0 Å². The molecule has 0 radical (unpaired) electrons. The number of carbonyl (C=O) groups excluding carboxylic acids is 1. The smallest absolute Gasteiger partial charge is 0.263 e. The molecule has 0 unspecified atom stereocenters. The van der Waals surface area contributed by atoms with Gasteiger partial charge in [-0.1, -0.05) is 12.1 Å². The van der Waals surface area contributed by atoms with Gasteiger partial charge in [0.2, 0.25) is 0 Å². The van der Waals surface area contributed by atoms with Gasteiger partial charge in [-0.25, -0.2) is 4.98 Å². The highest BCUT2D eigenvalue weighted by molar-refractivity contribution is 7.11. The zero-order chi connectivity index (χ0) is 16.9. The van der Waals surface area contributed by atoms with E-state index in [1.54, 1.807) is 5.51 Å². The molecule has 1 saturated heterocycles. The fraction of sp³-hybridized carbons (Fsp3) is 0.444. The molecular formula is C18H24N4OS. The first-order chi connectivity index (χ1) is 11.6. The molecule has 1 fully saturated rings. The first-order valence-corrected chi connectivity index (χ1v) is 9.24. The Kier molecular flexibility index (Phi) is 5.48. The van der Waals surface area contributed by atoms with Crippen LogP contribution in [0.3, 0.4) is 0 Å². The summed E-state index contributed by atoms with van der Waals surface area (Å²) < 4.78 is 0. The SMILES string of the molecule is Cc1cccc(N2CCN(CCNC(=O)c3scnc3C)CC2)c1. The lowest BCUT2D eigenvalue weighted by Gasteiger charge is -2.36. The van der Waals surface area contributed by atoms with Crippen LogP contribution in [-0.2, 0) is 0 Å². The van der Waals surface area contributed by atoms with Crippen molar-refractivity contribution in [3.8, 4) is 0 Å². The third-order valence-corrected chi connectivity index (χ3v) is 5.33. The van der Waals surface area contributed by atoms with E-state index in [0.29, 0.717) is 6.54 Å². The number of benzene rings is 1. The summed E-state index contributed by atoms with van der Waals surface area (Å²) in [6.07, 6.45) is 0. The zero-order valence-corrected chi connectivity index (χ0v) is 15.1. The first-order valence-electron chi connectivity index (χ1n) is 8.36. The maximum atomic E-state index is 12.1. The summed E-state index contributed by atoms with van der Waals surface area (Å²) in [6.45, 7) is 9.71. The molecule has 1 aliphatic rings. The second kappa shape index (κ2) is 7.77. The molecule has 0 spiro atoms. The molecule has 2 heterocycles. The fourth-order valence-corrected chi connectivity index (χ4v) is 3.70. The molecule has 2 aromatic rings. The monoisotopic (exact) mass is 344 g/mol. The van der Waals surface area contributed by atoms with Gasteiger partial charge in [-0.2, -0.15) is 0 Å². The van der Waals surface area contributed by atoms with Crippen molar-refractivity contribution < 1.29 is 4.79 Å². The van der Waals surface area contributed by atoms with Crippen molar-refractivity contribution in [3.05, 3.63) is 45.9 Å². The van der Waals surface area contributed by atoms with Crippen LogP contribution in [0.25, 0.3) is 0 Å². The predicted octanol–water partition coefficient (Wildman–Crippen LogP) is 2.31. The molecule has 5 nitrogen and oxygen atoms in total. The number of aromatic nitrogens is 1. The van der Waals surface area contributed by atoms with E-state index < -0.39 is 0 Å². The Balaban J connectivity index is 1.41. The van der Waals surface area contributed by atoms with Crippen LogP contribution in [0.5, 0.6) is 0 Å². The van der Waals surface area contributed by atoms with Crippen LogP contribution >= 0.6 is 11.3 Å². The number of nitrogens with zero attached hydrogens (tertiary/aromatic N) is 3. The van der Waals surface area contributed by atoms with E-state index in [1.165, 1.54) is 22.6 Å². The standard InChI is InChI=1S/C18H24N4OS/c1-14-4-3-5-16(12-14)22-10-8-21(9-11-22)7-6-19-18(23)17-15(2)20-13-24-17/h3-5,12-13H,6-11H2,1-2H3,(H,19,23). The fourth-order valence-electron chi connectivity index (χ4n) is 2.98. The van der Waals surface area contributed by atoms with E-state index in [1.807, 2.05) is 6.92 Å². The number of nitrogens with one attached hydrogen (secondary N) is 1. The summed E-state index contributed by atoms with van der Waals surface area (Å²) >= 11 is 1.40.